The Hall–Kier alpha value is -1.60. The van der Waals surface area contributed by atoms with Crippen LogP contribution < -0.4 is 4.90 Å². The first-order valence-electron chi connectivity index (χ1n) is 8.53. The molecule has 1 aromatic carbocycles. The van der Waals surface area contributed by atoms with Crippen molar-refractivity contribution in [1.29, 1.82) is 0 Å². The fourth-order valence-electron chi connectivity index (χ4n) is 4.00. The maximum absolute atomic E-state index is 12.1. The molecule has 2 unspecified atom stereocenters. The van der Waals surface area contributed by atoms with Gasteiger partial charge in [0.25, 0.3) is 10.1 Å². The lowest BCUT2D eigenvalue weighted by atomic mass is 9.84. The second kappa shape index (κ2) is 6.96. The molecule has 140 valence electrons. The first kappa shape index (κ1) is 19.7. The van der Waals surface area contributed by atoms with Crippen LogP contribution in [0, 0.1) is 12.8 Å². The zero-order chi connectivity index (χ0) is 19.0. The lowest BCUT2D eigenvalue weighted by Crippen LogP contribution is -2.47. The second-order valence-electron chi connectivity index (χ2n) is 7.49. The number of anilines is 1. The molecule has 2 atom stereocenters. The van der Waals surface area contributed by atoms with Crippen molar-refractivity contribution in [3.05, 3.63) is 29.3 Å². The number of nitrogens with zero attached hydrogens (tertiary/aromatic N) is 1. The molecule has 2 N–H and O–H groups in total. The van der Waals surface area contributed by atoms with Crippen molar-refractivity contribution in [2.75, 3.05) is 11.4 Å². The highest BCUT2D eigenvalue weighted by molar-refractivity contribution is 7.86. The molecule has 1 aliphatic rings. The number of carbonyl (C=O) groups is 1. The summed E-state index contributed by atoms with van der Waals surface area (Å²) in [6.45, 7) is 7.74. The summed E-state index contributed by atoms with van der Waals surface area (Å²) in [5.41, 5.74) is 2.04. The van der Waals surface area contributed by atoms with E-state index in [1.165, 1.54) is 0 Å². The third kappa shape index (κ3) is 3.82. The molecule has 7 heteroatoms. The fourth-order valence-corrected chi connectivity index (χ4v) is 5.40. The van der Waals surface area contributed by atoms with E-state index in [-0.39, 0.29) is 0 Å². The van der Waals surface area contributed by atoms with Gasteiger partial charge in [-0.25, -0.2) is 0 Å². The monoisotopic (exact) mass is 369 g/mol. The van der Waals surface area contributed by atoms with E-state index in [1.54, 1.807) is 11.8 Å². The predicted octanol–water partition coefficient (Wildman–Crippen LogP) is 3.20. The van der Waals surface area contributed by atoms with Gasteiger partial charge >= 0.3 is 5.97 Å². The van der Waals surface area contributed by atoms with Crippen molar-refractivity contribution in [3.8, 4) is 0 Å². The summed E-state index contributed by atoms with van der Waals surface area (Å²) in [6, 6.07) is 5.71. The number of rotatable bonds is 7. The van der Waals surface area contributed by atoms with Gasteiger partial charge in [0, 0.05) is 17.6 Å². The van der Waals surface area contributed by atoms with Gasteiger partial charge in [-0.1, -0.05) is 39.3 Å². The summed E-state index contributed by atoms with van der Waals surface area (Å²) < 4.78 is 34.1. The van der Waals surface area contributed by atoms with Crippen molar-refractivity contribution in [2.45, 2.75) is 57.7 Å². The SMILES string of the molecule is Cc1cccc2c1C(C)(C)C(S(=O)(=O)O)N2CCCCC(C)C(=O)O. The van der Waals surface area contributed by atoms with Crippen LogP contribution in [0.3, 0.4) is 0 Å². The highest BCUT2D eigenvalue weighted by Crippen LogP contribution is 2.48. The second-order valence-corrected chi connectivity index (χ2v) is 8.96. The molecule has 25 heavy (non-hydrogen) atoms. The molecule has 0 radical (unpaired) electrons. The maximum Gasteiger partial charge on any atom is 0.306 e. The summed E-state index contributed by atoms with van der Waals surface area (Å²) in [5, 5.41) is 7.91. The quantitative estimate of drug-likeness (QED) is 0.566. The first-order chi connectivity index (χ1) is 11.5. The van der Waals surface area contributed by atoms with Crippen LogP contribution in [0.25, 0.3) is 0 Å². The van der Waals surface area contributed by atoms with E-state index in [1.807, 2.05) is 39.0 Å². The molecule has 0 spiro atoms. The van der Waals surface area contributed by atoms with Gasteiger partial charge in [-0.2, -0.15) is 8.42 Å². The van der Waals surface area contributed by atoms with Crippen LogP contribution in [-0.2, 0) is 20.3 Å². The van der Waals surface area contributed by atoms with Crippen LogP contribution in [0.5, 0.6) is 0 Å². The number of hydrogen-bond donors (Lipinski definition) is 2. The number of benzene rings is 1. The minimum absolute atomic E-state index is 0.415. The number of hydrogen-bond acceptors (Lipinski definition) is 4. The van der Waals surface area contributed by atoms with E-state index < -0.39 is 32.8 Å². The molecule has 0 fully saturated rings. The molecule has 1 aromatic rings. The van der Waals surface area contributed by atoms with Crippen molar-refractivity contribution < 1.29 is 22.9 Å². The van der Waals surface area contributed by atoms with E-state index in [4.69, 9.17) is 5.11 Å². The van der Waals surface area contributed by atoms with Gasteiger partial charge < -0.3 is 10.0 Å². The zero-order valence-electron chi connectivity index (χ0n) is 15.2. The van der Waals surface area contributed by atoms with Crippen LogP contribution in [0.1, 0.15) is 51.2 Å². The topological polar surface area (TPSA) is 94.9 Å². The third-order valence-corrected chi connectivity index (χ3v) is 6.50. The highest BCUT2D eigenvalue weighted by Gasteiger charge is 2.51. The van der Waals surface area contributed by atoms with Crippen LogP contribution in [0.4, 0.5) is 5.69 Å². The molecule has 0 amide bonds. The zero-order valence-corrected chi connectivity index (χ0v) is 16.0. The number of aliphatic carboxylic acids is 1. The summed E-state index contributed by atoms with van der Waals surface area (Å²) in [4.78, 5) is 12.6. The van der Waals surface area contributed by atoms with Gasteiger partial charge in [-0.05, 0) is 37.0 Å². The predicted molar refractivity (Wildman–Crippen MR) is 97.5 cm³/mol. The first-order valence-corrected chi connectivity index (χ1v) is 10.0. The smallest absolute Gasteiger partial charge is 0.306 e. The summed E-state index contributed by atoms with van der Waals surface area (Å²) in [6.07, 6.45) is 1.89. The van der Waals surface area contributed by atoms with E-state index in [0.29, 0.717) is 25.8 Å². The molecule has 2 rings (SSSR count). The molecule has 0 aliphatic carbocycles. The van der Waals surface area contributed by atoms with Crippen LogP contribution in [-0.4, -0.2) is 36.0 Å². The molecular weight excluding hydrogens is 342 g/mol. The van der Waals surface area contributed by atoms with Crippen molar-refractivity contribution in [2.24, 2.45) is 5.92 Å². The Kier molecular flexibility index (Phi) is 5.49. The molecule has 0 bridgehead atoms. The summed E-state index contributed by atoms with van der Waals surface area (Å²) >= 11 is 0. The Morgan fingerprint density at radius 2 is 1.96 bits per heavy atom. The molecule has 0 saturated heterocycles. The number of carboxylic acid groups (broad SMARTS) is 1. The normalized spacial score (nSPS) is 20.4. The maximum atomic E-state index is 12.1. The number of fused-ring (bicyclic) bond motifs is 1. The van der Waals surface area contributed by atoms with Crippen molar-refractivity contribution in [1.82, 2.24) is 0 Å². The Labute approximate surface area is 149 Å². The number of carboxylic acids is 1. The molecule has 6 nitrogen and oxygen atoms in total. The molecule has 0 aromatic heterocycles. The number of unbranched alkanes of at least 4 members (excludes halogenated alkanes) is 1. The van der Waals surface area contributed by atoms with E-state index in [2.05, 4.69) is 0 Å². The average molecular weight is 369 g/mol. The van der Waals surface area contributed by atoms with Gasteiger partial charge in [0.2, 0.25) is 0 Å². The van der Waals surface area contributed by atoms with Gasteiger partial charge in [-0.15, -0.1) is 0 Å². The molecule has 1 heterocycles. The van der Waals surface area contributed by atoms with Gasteiger partial charge in [-0.3, -0.25) is 9.35 Å². The van der Waals surface area contributed by atoms with Crippen LogP contribution >= 0.6 is 0 Å². The number of aryl methyl sites for hydroxylation is 1. The minimum Gasteiger partial charge on any atom is -0.481 e. The average Bonchev–Trinajstić information content (AvgIpc) is 2.71. The largest absolute Gasteiger partial charge is 0.481 e. The Bertz CT molecular complexity index is 757. The molecule has 1 aliphatic heterocycles. The van der Waals surface area contributed by atoms with Crippen molar-refractivity contribution in [3.63, 3.8) is 0 Å². The van der Waals surface area contributed by atoms with Gasteiger partial charge in [0.15, 0.2) is 5.37 Å². The Morgan fingerprint density at radius 3 is 2.52 bits per heavy atom. The lowest BCUT2D eigenvalue weighted by Gasteiger charge is -2.32. The van der Waals surface area contributed by atoms with E-state index >= 15 is 0 Å². The Morgan fingerprint density at radius 1 is 1.32 bits per heavy atom. The summed E-state index contributed by atoms with van der Waals surface area (Å²) in [5.74, 6) is -1.24. The van der Waals surface area contributed by atoms with E-state index in [0.717, 1.165) is 16.8 Å². The highest BCUT2D eigenvalue weighted by atomic mass is 32.2. The van der Waals surface area contributed by atoms with Crippen LogP contribution in [0.2, 0.25) is 0 Å². The minimum atomic E-state index is -4.28. The Balaban J connectivity index is 2.26. The molecular formula is C18H27NO5S. The standard InChI is InChI=1S/C18H27NO5S/c1-12-9-7-10-14-15(12)18(3,4)17(25(22,23)24)19(14)11-6-5-8-13(2)16(20)21/h7,9-10,13,17H,5-6,8,11H2,1-4H3,(H,20,21)(H,22,23,24). The van der Waals surface area contributed by atoms with Gasteiger partial charge in [0.05, 0.1) is 5.92 Å². The fraction of sp³-hybridized carbons (Fsp3) is 0.611. The van der Waals surface area contributed by atoms with Crippen molar-refractivity contribution >= 4 is 21.8 Å². The summed E-state index contributed by atoms with van der Waals surface area (Å²) in [7, 11) is -4.28. The van der Waals surface area contributed by atoms with E-state index in [9.17, 15) is 17.8 Å². The molecule has 0 saturated carbocycles. The van der Waals surface area contributed by atoms with Gasteiger partial charge in [0.1, 0.15) is 0 Å². The van der Waals surface area contributed by atoms with Crippen LogP contribution in [0.15, 0.2) is 18.2 Å². The third-order valence-electron chi connectivity index (χ3n) is 5.09. The lowest BCUT2D eigenvalue weighted by molar-refractivity contribution is -0.141.